The molecule has 0 aromatic rings. The van der Waals surface area contributed by atoms with Gasteiger partial charge in [0.25, 0.3) is 0 Å². The van der Waals surface area contributed by atoms with Crippen molar-refractivity contribution < 1.29 is 28.8 Å². The fourth-order valence-corrected chi connectivity index (χ4v) is 5.42. The van der Waals surface area contributed by atoms with Gasteiger partial charge in [-0.3, -0.25) is 29.0 Å². The van der Waals surface area contributed by atoms with Gasteiger partial charge >= 0.3 is 0 Å². The van der Waals surface area contributed by atoms with E-state index in [9.17, 15) is 28.8 Å². The zero-order valence-electron chi connectivity index (χ0n) is 32.5. The van der Waals surface area contributed by atoms with Crippen molar-refractivity contribution in [2.75, 3.05) is 32.7 Å². The quantitative estimate of drug-likeness (QED) is 0.0142. The van der Waals surface area contributed by atoms with Gasteiger partial charge in [0.2, 0.25) is 29.5 Å². The molecule has 5 amide bonds. The summed E-state index contributed by atoms with van der Waals surface area (Å²) >= 11 is 0. The number of nitrogens with two attached hydrogens (primary N) is 7. The van der Waals surface area contributed by atoms with Gasteiger partial charge in [-0.05, 0) is 116 Å². The highest BCUT2D eigenvalue weighted by atomic mass is 16.2. The summed E-state index contributed by atoms with van der Waals surface area (Å²) in [5.74, 6) is -3.28. The number of unbranched alkanes of at least 4 members (excludes halogenated alkanes) is 4. The van der Waals surface area contributed by atoms with E-state index in [0.717, 1.165) is 0 Å². The van der Waals surface area contributed by atoms with Crippen molar-refractivity contribution in [1.29, 1.82) is 0 Å². The van der Waals surface area contributed by atoms with Gasteiger partial charge in [0.1, 0.15) is 30.5 Å². The number of aldehydes is 1. The zero-order chi connectivity index (χ0) is 40.9. The highest BCUT2D eigenvalue weighted by Gasteiger charge is 2.32. The number of amides is 5. The van der Waals surface area contributed by atoms with Crippen molar-refractivity contribution in [3.05, 3.63) is 0 Å². The lowest BCUT2D eigenvalue weighted by atomic mass is 10.0. The van der Waals surface area contributed by atoms with Crippen LogP contribution in [-0.4, -0.2) is 111 Å². The largest absolute Gasteiger partial charge is 0.370 e. The average Bonchev–Trinajstić information content (AvgIpc) is 3.13. The lowest BCUT2D eigenvalue weighted by molar-refractivity contribution is -0.135. The average molecular weight is 770 g/mol. The number of aliphatic imine (C=N–C) groups is 1. The van der Waals surface area contributed by atoms with Gasteiger partial charge in [-0.15, -0.1) is 0 Å². The van der Waals surface area contributed by atoms with Gasteiger partial charge in [0.05, 0.1) is 12.1 Å². The van der Waals surface area contributed by atoms with E-state index in [4.69, 9.17) is 40.1 Å². The van der Waals surface area contributed by atoms with E-state index < -0.39 is 65.8 Å². The molecule has 0 aromatic heterocycles. The highest BCUT2D eigenvalue weighted by Crippen LogP contribution is 2.10. The molecular formula is C35H71N13O6. The van der Waals surface area contributed by atoms with Crippen molar-refractivity contribution in [3.63, 3.8) is 0 Å². The molecule has 0 fully saturated rings. The van der Waals surface area contributed by atoms with Crippen LogP contribution in [0.1, 0.15) is 104 Å². The number of hydrogen-bond acceptors (Lipinski definition) is 12. The maximum atomic E-state index is 13.9. The molecule has 0 bridgehead atoms. The molecule has 0 saturated heterocycles. The Morgan fingerprint density at radius 2 is 0.852 bits per heavy atom. The maximum Gasteiger partial charge on any atom is 0.243 e. The van der Waals surface area contributed by atoms with Crippen molar-refractivity contribution in [2.45, 2.75) is 140 Å². The Balaban J connectivity index is 6.31. The molecular weight excluding hydrogens is 698 g/mol. The summed E-state index contributed by atoms with van der Waals surface area (Å²) in [6.45, 7) is 5.31. The predicted molar refractivity (Wildman–Crippen MR) is 210 cm³/mol. The molecule has 19 heteroatoms. The molecule has 0 aromatic carbocycles. The van der Waals surface area contributed by atoms with Crippen LogP contribution in [0.4, 0.5) is 0 Å². The SMILES string of the molecule is CC(C)[C@@H](C=O)NC(=O)[C@H](CCCCN)NC(=O)[C@H](CCCN=C(N)N)NC(=O)[C@H](CCCCN)NC(=O)[C@H](CCCCN)NC(=O)[C@@H](N)CCCCN. The molecule has 0 heterocycles. The van der Waals surface area contributed by atoms with E-state index in [1.807, 2.05) is 0 Å². The molecule has 312 valence electrons. The molecule has 0 spiro atoms. The first-order chi connectivity index (χ1) is 25.7. The molecule has 0 unspecified atom stereocenters. The minimum Gasteiger partial charge on any atom is -0.370 e. The standard InChI is InChI=1S/C35H71N13O6/c1-23(2)29(22-49)48-34(54)27(15-6-10-20-39)46-33(53)28(16-11-21-43-35(41)42)47-32(52)26(14-5-9-19-38)45-31(51)25(13-4-8-18-37)44-30(50)24(40)12-3-7-17-36/h22-29H,3-21,36-40H2,1-2H3,(H,44,50)(H,45,51)(H,46,53)(H,47,52)(H,48,54)(H4,41,42,43)/t24-,25-,26-,27-,28-,29+/m0/s1. The van der Waals surface area contributed by atoms with Crippen molar-refractivity contribution in [1.82, 2.24) is 26.6 Å². The summed E-state index contributed by atoms with van der Waals surface area (Å²) in [6, 6.07) is -5.91. The van der Waals surface area contributed by atoms with Crippen LogP contribution in [0.2, 0.25) is 0 Å². The van der Waals surface area contributed by atoms with E-state index >= 15 is 0 Å². The number of carbonyl (C=O) groups is 6. The number of nitrogens with one attached hydrogen (secondary N) is 5. The first-order valence-corrected chi connectivity index (χ1v) is 19.3. The highest BCUT2D eigenvalue weighted by molar-refractivity contribution is 5.96. The zero-order valence-corrected chi connectivity index (χ0v) is 32.5. The van der Waals surface area contributed by atoms with Crippen LogP contribution in [0.25, 0.3) is 0 Å². The van der Waals surface area contributed by atoms with Crippen LogP contribution in [0, 0.1) is 5.92 Å². The molecule has 19 N–H and O–H groups in total. The number of rotatable bonds is 32. The van der Waals surface area contributed by atoms with Crippen LogP contribution in [0.5, 0.6) is 0 Å². The lowest BCUT2D eigenvalue weighted by Gasteiger charge is -2.27. The van der Waals surface area contributed by atoms with E-state index in [2.05, 4.69) is 31.6 Å². The summed E-state index contributed by atoms with van der Waals surface area (Å²) in [6.07, 6.45) is 6.71. The van der Waals surface area contributed by atoms with Gasteiger partial charge in [0, 0.05) is 6.54 Å². The molecule has 19 nitrogen and oxygen atoms in total. The molecule has 0 aliphatic carbocycles. The van der Waals surface area contributed by atoms with Gasteiger partial charge in [-0.2, -0.15) is 0 Å². The molecule has 0 rings (SSSR count). The van der Waals surface area contributed by atoms with Gasteiger partial charge < -0.3 is 71.5 Å². The first-order valence-electron chi connectivity index (χ1n) is 19.3. The third-order valence-electron chi connectivity index (χ3n) is 8.80. The Bertz CT molecular complexity index is 1140. The van der Waals surface area contributed by atoms with Crippen LogP contribution < -0.4 is 66.7 Å². The Morgan fingerprint density at radius 3 is 1.19 bits per heavy atom. The number of carbonyl (C=O) groups excluding carboxylic acids is 6. The number of guanidine groups is 1. The molecule has 54 heavy (non-hydrogen) atoms. The third-order valence-corrected chi connectivity index (χ3v) is 8.80. The summed E-state index contributed by atoms with van der Waals surface area (Å²) in [4.78, 5) is 83.2. The van der Waals surface area contributed by atoms with Crippen LogP contribution in [0.3, 0.4) is 0 Å². The third kappa shape index (κ3) is 22.3. The number of nitrogens with zero attached hydrogens (tertiary/aromatic N) is 1. The minimum atomic E-state index is -1.16. The van der Waals surface area contributed by atoms with Crippen LogP contribution in [0.15, 0.2) is 4.99 Å². The van der Waals surface area contributed by atoms with Crippen molar-refractivity contribution in [2.24, 2.45) is 51.0 Å². The molecule has 0 aliphatic rings. The first kappa shape index (κ1) is 50.1. The Labute approximate surface area is 320 Å². The lowest BCUT2D eigenvalue weighted by Crippen LogP contribution is -2.59. The van der Waals surface area contributed by atoms with E-state index in [0.29, 0.717) is 90.3 Å². The maximum absolute atomic E-state index is 13.9. The second kappa shape index (κ2) is 30.4. The monoisotopic (exact) mass is 770 g/mol. The fourth-order valence-electron chi connectivity index (χ4n) is 5.42. The Morgan fingerprint density at radius 1 is 0.519 bits per heavy atom. The predicted octanol–water partition coefficient (Wildman–Crippen LogP) is -2.84. The van der Waals surface area contributed by atoms with Crippen molar-refractivity contribution in [3.8, 4) is 0 Å². The summed E-state index contributed by atoms with van der Waals surface area (Å²) in [5, 5.41) is 13.7. The topological polar surface area (TPSA) is 357 Å². The van der Waals surface area contributed by atoms with Crippen LogP contribution >= 0.6 is 0 Å². The molecule has 0 radical (unpaired) electrons. The normalized spacial score (nSPS) is 14.4. The molecule has 0 aliphatic heterocycles. The van der Waals surface area contributed by atoms with Gasteiger partial charge in [0.15, 0.2) is 5.96 Å². The molecule has 6 atom stereocenters. The second-order valence-electron chi connectivity index (χ2n) is 13.9. The second-order valence-corrected chi connectivity index (χ2v) is 13.9. The number of hydrogen-bond donors (Lipinski definition) is 12. The van der Waals surface area contributed by atoms with Gasteiger partial charge in [-0.1, -0.05) is 20.3 Å². The Hall–Kier alpha value is -3.91. The molecule has 0 saturated carbocycles. The Kier molecular flexibility index (Phi) is 28.2. The van der Waals surface area contributed by atoms with E-state index in [-0.39, 0.29) is 50.5 Å². The summed E-state index contributed by atoms with van der Waals surface area (Å²) in [5.41, 5.74) is 39.6. The smallest absolute Gasteiger partial charge is 0.243 e. The van der Waals surface area contributed by atoms with Gasteiger partial charge in [-0.25, -0.2) is 0 Å². The fraction of sp³-hybridized carbons (Fsp3) is 0.800. The van der Waals surface area contributed by atoms with E-state index in [1.165, 1.54) is 0 Å². The summed E-state index contributed by atoms with van der Waals surface area (Å²) in [7, 11) is 0. The van der Waals surface area contributed by atoms with Crippen molar-refractivity contribution >= 4 is 41.8 Å². The van der Waals surface area contributed by atoms with E-state index in [1.54, 1.807) is 13.8 Å². The minimum absolute atomic E-state index is 0.0811. The van der Waals surface area contributed by atoms with Crippen LogP contribution in [-0.2, 0) is 28.8 Å². The summed E-state index contributed by atoms with van der Waals surface area (Å²) < 4.78 is 0.